The van der Waals surface area contributed by atoms with E-state index in [0.717, 1.165) is 44.8 Å². The highest BCUT2D eigenvalue weighted by Crippen LogP contribution is 2.20. The lowest BCUT2D eigenvalue weighted by molar-refractivity contribution is 0.199. The van der Waals surface area contributed by atoms with Gasteiger partial charge in [0.1, 0.15) is 0 Å². The van der Waals surface area contributed by atoms with E-state index in [1.54, 1.807) is 6.92 Å². The molecule has 0 aromatic heterocycles. The summed E-state index contributed by atoms with van der Waals surface area (Å²) in [4.78, 5) is 7.19. The van der Waals surface area contributed by atoms with Gasteiger partial charge in [-0.3, -0.25) is 4.90 Å². The molecule has 0 bridgehead atoms. The minimum absolute atomic E-state index is 0.382. The Balaban J connectivity index is 1.84. The smallest absolute Gasteiger partial charge is 0.0761 e. The summed E-state index contributed by atoms with van der Waals surface area (Å²) in [7, 11) is 4.25. The fraction of sp³-hybridized carbons (Fsp3) is 0.625. The van der Waals surface area contributed by atoms with E-state index in [-0.39, 0.29) is 6.10 Å². The van der Waals surface area contributed by atoms with Crippen LogP contribution in [0.15, 0.2) is 24.3 Å². The Hall–Kier alpha value is -1.10. The number of aliphatic hydroxyl groups is 1. The van der Waals surface area contributed by atoms with Crippen LogP contribution in [0.25, 0.3) is 0 Å². The Morgan fingerprint density at radius 2 is 1.70 bits per heavy atom. The zero-order chi connectivity index (χ0) is 14.5. The maximum Gasteiger partial charge on any atom is 0.0761 e. The first-order valence-corrected chi connectivity index (χ1v) is 7.46. The van der Waals surface area contributed by atoms with Crippen LogP contribution in [0.4, 0.5) is 5.69 Å². The standard InChI is InChI=1S/C16H27N3O/c1-14(20)15-4-6-16(7-5-15)19-12-10-18(11-13-19)9-8-17(2)3/h4-7,14,20H,8-13H2,1-3H3. The minimum atomic E-state index is -0.382. The summed E-state index contributed by atoms with van der Waals surface area (Å²) >= 11 is 0. The molecule has 0 saturated carbocycles. The molecule has 1 aliphatic heterocycles. The number of anilines is 1. The van der Waals surface area contributed by atoms with Crippen LogP contribution >= 0.6 is 0 Å². The molecule has 1 aromatic rings. The van der Waals surface area contributed by atoms with Gasteiger partial charge in [0.2, 0.25) is 0 Å². The molecule has 112 valence electrons. The zero-order valence-corrected chi connectivity index (χ0v) is 12.9. The first-order valence-electron chi connectivity index (χ1n) is 7.46. The molecule has 20 heavy (non-hydrogen) atoms. The first-order chi connectivity index (χ1) is 9.56. The topological polar surface area (TPSA) is 30.0 Å². The van der Waals surface area contributed by atoms with E-state index >= 15 is 0 Å². The number of aliphatic hydroxyl groups excluding tert-OH is 1. The Morgan fingerprint density at radius 3 is 2.20 bits per heavy atom. The lowest BCUT2D eigenvalue weighted by Gasteiger charge is -2.36. The van der Waals surface area contributed by atoms with Crippen molar-refractivity contribution in [2.45, 2.75) is 13.0 Å². The number of piperazine rings is 1. The Morgan fingerprint density at radius 1 is 1.10 bits per heavy atom. The van der Waals surface area contributed by atoms with Gasteiger partial charge in [-0.1, -0.05) is 12.1 Å². The minimum Gasteiger partial charge on any atom is -0.389 e. The molecular formula is C16H27N3O. The molecule has 0 aliphatic carbocycles. The summed E-state index contributed by atoms with van der Waals surface area (Å²) in [5.74, 6) is 0. The third-order valence-electron chi connectivity index (χ3n) is 3.98. The second-order valence-corrected chi connectivity index (χ2v) is 5.90. The highest BCUT2D eigenvalue weighted by atomic mass is 16.3. The molecule has 4 heteroatoms. The third-order valence-corrected chi connectivity index (χ3v) is 3.98. The SMILES string of the molecule is CC(O)c1ccc(N2CCN(CCN(C)C)CC2)cc1. The van der Waals surface area contributed by atoms with Crippen molar-refractivity contribution in [1.29, 1.82) is 0 Å². The summed E-state index contributed by atoms with van der Waals surface area (Å²) in [6.07, 6.45) is -0.382. The molecule has 1 fully saturated rings. The normalized spacial score (nSPS) is 18.6. The monoisotopic (exact) mass is 277 g/mol. The van der Waals surface area contributed by atoms with E-state index in [4.69, 9.17) is 0 Å². The average Bonchev–Trinajstić information content (AvgIpc) is 2.46. The Kier molecular flexibility index (Phi) is 5.40. The van der Waals surface area contributed by atoms with Crippen molar-refractivity contribution in [1.82, 2.24) is 9.80 Å². The van der Waals surface area contributed by atoms with Crippen molar-refractivity contribution < 1.29 is 5.11 Å². The molecule has 0 radical (unpaired) electrons. The molecule has 0 spiro atoms. The summed E-state index contributed by atoms with van der Waals surface area (Å²) in [6, 6.07) is 8.30. The van der Waals surface area contributed by atoms with Gasteiger partial charge >= 0.3 is 0 Å². The van der Waals surface area contributed by atoms with Gasteiger partial charge in [0.25, 0.3) is 0 Å². The predicted molar refractivity (Wildman–Crippen MR) is 84.3 cm³/mol. The fourth-order valence-corrected chi connectivity index (χ4v) is 2.53. The van der Waals surface area contributed by atoms with Crippen LogP contribution in [0.2, 0.25) is 0 Å². The van der Waals surface area contributed by atoms with Gasteiger partial charge in [0.05, 0.1) is 6.10 Å². The van der Waals surface area contributed by atoms with E-state index in [0.29, 0.717) is 0 Å². The van der Waals surface area contributed by atoms with Crippen LogP contribution in [0.3, 0.4) is 0 Å². The van der Waals surface area contributed by atoms with Crippen LogP contribution in [0.5, 0.6) is 0 Å². The van der Waals surface area contributed by atoms with Gasteiger partial charge in [-0.05, 0) is 38.7 Å². The fourth-order valence-electron chi connectivity index (χ4n) is 2.53. The third kappa shape index (κ3) is 4.20. The maximum atomic E-state index is 9.54. The lowest BCUT2D eigenvalue weighted by atomic mass is 10.1. The van der Waals surface area contributed by atoms with Crippen molar-refractivity contribution in [3.63, 3.8) is 0 Å². The van der Waals surface area contributed by atoms with Crippen LogP contribution in [-0.4, -0.2) is 68.3 Å². The van der Waals surface area contributed by atoms with E-state index < -0.39 is 0 Å². The molecule has 1 saturated heterocycles. The van der Waals surface area contributed by atoms with Crippen molar-refractivity contribution >= 4 is 5.69 Å². The Bertz CT molecular complexity index is 395. The molecule has 2 rings (SSSR count). The van der Waals surface area contributed by atoms with Gasteiger partial charge in [-0.2, -0.15) is 0 Å². The number of likely N-dealkylation sites (N-methyl/N-ethyl adjacent to an activating group) is 1. The van der Waals surface area contributed by atoms with Crippen LogP contribution < -0.4 is 4.90 Å². The zero-order valence-electron chi connectivity index (χ0n) is 12.9. The summed E-state index contributed by atoms with van der Waals surface area (Å²) in [5.41, 5.74) is 2.25. The second kappa shape index (κ2) is 7.07. The van der Waals surface area contributed by atoms with Crippen LogP contribution in [0.1, 0.15) is 18.6 Å². The number of benzene rings is 1. The first kappa shape index (κ1) is 15.3. The number of nitrogens with zero attached hydrogens (tertiary/aromatic N) is 3. The van der Waals surface area contributed by atoms with Gasteiger partial charge in [-0.25, -0.2) is 0 Å². The van der Waals surface area contributed by atoms with Gasteiger partial charge in [0, 0.05) is 45.0 Å². The molecule has 0 amide bonds. The number of rotatable bonds is 5. The summed E-state index contributed by atoms with van der Waals surface area (Å²) in [6.45, 7) is 8.52. The van der Waals surface area contributed by atoms with Gasteiger partial charge in [-0.15, -0.1) is 0 Å². The summed E-state index contributed by atoms with van der Waals surface area (Å²) in [5, 5.41) is 9.54. The van der Waals surface area contributed by atoms with E-state index in [1.807, 2.05) is 12.1 Å². The molecule has 1 aliphatic rings. The van der Waals surface area contributed by atoms with Crippen LogP contribution in [0, 0.1) is 0 Å². The van der Waals surface area contributed by atoms with Crippen molar-refractivity contribution in [3.05, 3.63) is 29.8 Å². The maximum absolute atomic E-state index is 9.54. The van der Waals surface area contributed by atoms with E-state index in [9.17, 15) is 5.11 Å². The molecule has 1 unspecified atom stereocenters. The molecule has 4 nitrogen and oxygen atoms in total. The number of hydrogen-bond acceptors (Lipinski definition) is 4. The molecule has 1 aromatic carbocycles. The largest absolute Gasteiger partial charge is 0.389 e. The van der Waals surface area contributed by atoms with Crippen molar-refractivity contribution in [3.8, 4) is 0 Å². The quantitative estimate of drug-likeness (QED) is 0.882. The Labute approximate surface area is 122 Å². The second-order valence-electron chi connectivity index (χ2n) is 5.90. The van der Waals surface area contributed by atoms with E-state index in [1.165, 1.54) is 5.69 Å². The average molecular weight is 277 g/mol. The summed E-state index contributed by atoms with van der Waals surface area (Å²) < 4.78 is 0. The molecular weight excluding hydrogens is 250 g/mol. The number of hydrogen-bond donors (Lipinski definition) is 1. The van der Waals surface area contributed by atoms with Crippen molar-refractivity contribution in [2.75, 3.05) is 58.3 Å². The lowest BCUT2D eigenvalue weighted by Crippen LogP contribution is -2.48. The van der Waals surface area contributed by atoms with E-state index in [2.05, 4.69) is 40.9 Å². The molecule has 1 N–H and O–H groups in total. The molecule has 1 atom stereocenters. The van der Waals surface area contributed by atoms with Crippen LogP contribution in [-0.2, 0) is 0 Å². The highest BCUT2D eigenvalue weighted by molar-refractivity contribution is 5.48. The molecule has 1 heterocycles. The van der Waals surface area contributed by atoms with Gasteiger partial charge < -0.3 is 14.9 Å². The van der Waals surface area contributed by atoms with Crippen molar-refractivity contribution in [2.24, 2.45) is 0 Å². The highest BCUT2D eigenvalue weighted by Gasteiger charge is 2.17. The predicted octanol–water partition coefficient (Wildman–Crippen LogP) is 1.42. The van der Waals surface area contributed by atoms with Gasteiger partial charge in [0.15, 0.2) is 0 Å².